The third-order valence-corrected chi connectivity index (χ3v) is 3.55. The highest BCUT2D eigenvalue weighted by atomic mass is 16.6. The summed E-state index contributed by atoms with van der Waals surface area (Å²) in [5.74, 6) is 0.546. The number of aliphatic hydroxyl groups excluding tert-OH is 1. The molecular weight excluding hydrogens is 260 g/mol. The van der Waals surface area contributed by atoms with Crippen LogP contribution in [0.1, 0.15) is 18.4 Å². The van der Waals surface area contributed by atoms with Gasteiger partial charge in [-0.05, 0) is 26.3 Å². The zero-order chi connectivity index (χ0) is 14.5. The van der Waals surface area contributed by atoms with Crippen molar-refractivity contribution < 1.29 is 10.0 Å². The molecule has 2 N–H and O–H groups in total. The van der Waals surface area contributed by atoms with Crippen molar-refractivity contribution in [2.45, 2.75) is 25.8 Å². The third kappa shape index (κ3) is 3.43. The van der Waals surface area contributed by atoms with Crippen molar-refractivity contribution in [3.8, 4) is 0 Å². The fraction of sp³-hybridized carbons (Fsp3) is 0.615. The predicted molar refractivity (Wildman–Crippen MR) is 76.0 cm³/mol. The van der Waals surface area contributed by atoms with Crippen LogP contribution in [0.2, 0.25) is 0 Å². The molecule has 1 fully saturated rings. The lowest BCUT2D eigenvalue weighted by Gasteiger charge is -2.26. The van der Waals surface area contributed by atoms with Gasteiger partial charge in [-0.1, -0.05) is 0 Å². The Balaban J connectivity index is 2.19. The Bertz CT molecular complexity index is 475. The molecule has 0 spiro atoms. The van der Waals surface area contributed by atoms with Gasteiger partial charge in [0.2, 0.25) is 0 Å². The molecule has 1 unspecified atom stereocenters. The van der Waals surface area contributed by atoms with E-state index in [0.717, 1.165) is 19.4 Å². The molecule has 110 valence electrons. The van der Waals surface area contributed by atoms with E-state index in [2.05, 4.69) is 10.3 Å². The molecule has 0 amide bonds. The predicted octanol–water partition coefficient (Wildman–Crippen LogP) is 0.849. The molecular formula is C13H20N4O3. The van der Waals surface area contributed by atoms with Gasteiger partial charge in [0.15, 0.2) is 0 Å². The molecule has 1 saturated heterocycles. The van der Waals surface area contributed by atoms with Crippen LogP contribution in [-0.4, -0.2) is 47.3 Å². The molecule has 7 nitrogen and oxygen atoms in total. The summed E-state index contributed by atoms with van der Waals surface area (Å²) in [6.07, 6.45) is 3.73. The highest BCUT2D eigenvalue weighted by Crippen LogP contribution is 2.23. The van der Waals surface area contributed by atoms with Crippen molar-refractivity contribution in [3.05, 3.63) is 27.9 Å². The summed E-state index contributed by atoms with van der Waals surface area (Å²) < 4.78 is 0. The lowest BCUT2D eigenvalue weighted by Crippen LogP contribution is -2.39. The number of anilines is 1. The first-order chi connectivity index (χ1) is 9.61. The normalized spacial score (nSPS) is 18.2. The van der Waals surface area contributed by atoms with Crippen LogP contribution in [0, 0.1) is 17.0 Å². The number of nitrogens with one attached hydrogen (secondary N) is 1. The Morgan fingerprint density at radius 1 is 1.65 bits per heavy atom. The maximum absolute atomic E-state index is 11.0. The Kier molecular flexibility index (Phi) is 4.86. The van der Waals surface area contributed by atoms with E-state index >= 15 is 0 Å². The van der Waals surface area contributed by atoms with Crippen LogP contribution in [0.15, 0.2) is 12.3 Å². The quantitative estimate of drug-likeness (QED) is 0.593. The number of aliphatic hydroxyl groups is 1. The Hall–Kier alpha value is -1.73. The Labute approximate surface area is 117 Å². The molecule has 0 radical (unpaired) electrons. The van der Waals surface area contributed by atoms with Crippen molar-refractivity contribution in [1.29, 1.82) is 0 Å². The van der Waals surface area contributed by atoms with Crippen molar-refractivity contribution in [3.63, 3.8) is 0 Å². The number of nitro groups is 1. The summed E-state index contributed by atoms with van der Waals surface area (Å²) in [6, 6.07) is 1.84. The summed E-state index contributed by atoms with van der Waals surface area (Å²) in [4.78, 5) is 16.8. The van der Waals surface area contributed by atoms with Crippen LogP contribution < -0.4 is 10.2 Å². The number of rotatable bonds is 6. The van der Waals surface area contributed by atoms with Gasteiger partial charge in [0.25, 0.3) is 5.69 Å². The fourth-order valence-corrected chi connectivity index (χ4v) is 2.47. The SMILES string of the molecule is Cc1cnc(N(CCO)CC2CCCN2)cc1[N+](=O)[O-]. The van der Waals surface area contributed by atoms with E-state index in [-0.39, 0.29) is 12.3 Å². The maximum atomic E-state index is 11.0. The summed E-state index contributed by atoms with van der Waals surface area (Å²) in [5, 5.41) is 23.6. The van der Waals surface area contributed by atoms with Crippen LogP contribution in [0.3, 0.4) is 0 Å². The van der Waals surface area contributed by atoms with Crippen LogP contribution >= 0.6 is 0 Å². The van der Waals surface area contributed by atoms with E-state index in [1.165, 1.54) is 12.3 Å². The Morgan fingerprint density at radius 2 is 2.45 bits per heavy atom. The van der Waals surface area contributed by atoms with E-state index in [1.807, 2.05) is 4.90 Å². The smallest absolute Gasteiger partial charge is 0.277 e. The molecule has 0 aliphatic carbocycles. The van der Waals surface area contributed by atoms with Gasteiger partial charge in [-0.3, -0.25) is 10.1 Å². The molecule has 0 aromatic carbocycles. The van der Waals surface area contributed by atoms with Gasteiger partial charge in [-0.25, -0.2) is 4.98 Å². The number of aryl methyl sites for hydroxylation is 1. The first kappa shape index (κ1) is 14.7. The second-order valence-electron chi connectivity index (χ2n) is 5.05. The standard InChI is InChI=1S/C13H20N4O3/c1-10-8-15-13(7-12(10)17(19)20)16(5-6-18)9-11-3-2-4-14-11/h7-8,11,14,18H,2-6,9H2,1H3. The average Bonchev–Trinajstić information content (AvgIpc) is 2.91. The molecule has 2 heterocycles. The van der Waals surface area contributed by atoms with E-state index < -0.39 is 4.92 Å². The summed E-state index contributed by atoms with van der Waals surface area (Å²) in [5.41, 5.74) is 0.610. The molecule has 1 aliphatic heterocycles. The molecule has 1 aromatic heterocycles. The van der Waals surface area contributed by atoms with Gasteiger partial charge in [-0.2, -0.15) is 0 Å². The van der Waals surface area contributed by atoms with Gasteiger partial charge in [0.05, 0.1) is 17.6 Å². The Morgan fingerprint density at radius 3 is 3.05 bits per heavy atom. The lowest BCUT2D eigenvalue weighted by atomic mass is 10.2. The summed E-state index contributed by atoms with van der Waals surface area (Å²) in [7, 11) is 0. The van der Waals surface area contributed by atoms with Crippen LogP contribution in [-0.2, 0) is 0 Å². The number of pyridine rings is 1. The third-order valence-electron chi connectivity index (χ3n) is 3.55. The second kappa shape index (κ2) is 6.62. The monoisotopic (exact) mass is 280 g/mol. The first-order valence-electron chi connectivity index (χ1n) is 6.82. The van der Waals surface area contributed by atoms with E-state index in [0.29, 0.717) is 30.5 Å². The largest absolute Gasteiger partial charge is 0.395 e. The number of nitrogens with zero attached hydrogens (tertiary/aromatic N) is 3. The van der Waals surface area contributed by atoms with Crippen LogP contribution in [0.25, 0.3) is 0 Å². The maximum Gasteiger partial charge on any atom is 0.277 e. The van der Waals surface area contributed by atoms with Crippen LogP contribution in [0.4, 0.5) is 11.5 Å². The molecule has 1 aromatic rings. The molecule has 0 bridgehead atoms. The zero-order valence-electron chi connectivity index (χ0n) is 11.6. The molecule has 1 aliphatic rings. The van der Waals surface area contributed by atoms with Gasteiger partial charge in [0.1, 0.15) is 5.82 Å². The van der Waals surface area contributed by atoms with Crippen molar-refractivity contribution >= 4 is 11.5 Å². The van der Waals surface area contributed by atoms with Gasteiger partial charge < -0.3 is 15.3 Å². The minimum Gasteiger partial charge on any atom is -0.395 e. The van der Waals surface area contributed by atoms with E-state index in [4.69, 9.17) is 0 Å². The first-order valence-corrected chi connectivity index (χ1v) is 6.82. The number of hydrogen-bond acceptors (Lipinski definition) is 6. The number of hydrogen-bond donors (Lipinski definition) is 2. The molecule has 2 rings (SSSR count). The second-order valence-corrected chi connectivity index (χ2v) is 5.05. The van der Waals surface area contributed by atoms with Crippen molar-refractivity contribution in [1.82, 2.24) is 10.3 Å². The lowest BCUT2D eigenvalue weighted by molar-refractivity contribution is -0.385. The van der Waals surface area contributed by atoms with Crippen molar-refractivity contribution in [2.24, 2.45) is 0 Å². The van der Waals surface area contributed by atoms with Crippen molar-refractivity contribution in [2.75, 3.05) is 31.1 Å². The highest BCUT2D eigenvalue weighted by Gasteiger charge is 2.21. The van der Waals surface area contributed by atoms with Crippen LogP contribution in [0.5, 0.6) is 0 Å². The minimum atomic E-state index is -0.397. The summed E-state index contributed by atoms with van der Waals surface area (Å²) >= 11 is 0. The minimum absolute atomic E-state index is 0.00389. The van der Waals surface area contributed by atoms with Gasteiger partial charge in [0, 0.05) is 30.9 Å². The highest BCUT2D eigenvalue weighted by molar-refractivity contribution is 5.50. The molecule has 0 saturated carbocycles. The topological polar surface area (TPSA) is 91.5 Å². The number of aromatic nitrogens is 1. The fourth-order valence-electron chi connectivity index (χ4n) is 2.47. The zero-order valence-corrected chi connectivity index (χ0v) is 11.6. The molecule has 1 atom stereocenters. The molecule has 20 heavy (non-hydrogen) atoms. The average molecular weight is 280 g/mol. The molecule has 7 heteroatoms. The van der Waals surface area contributed by atoms with Gasteiger partial charge >= 0.3 is 0 Å². The van der Waals surface area contributed by atoms with Gasteiger partial charge in [-0.15, -0.1) is 0 Å². The van der Waals surface area contributed by atoms with E-state index in [9.17, 15) is 15.2 Å². The van der Waals surface area contributed by atoms with E-state index in [1.54, 1.807) is 6.92 Å². The summed E-state index contributed by atoms with van der Waals surface area (Å²) in [6.45, 7) is 3.79.